The number of benzene rings is 2. The van der Waals surface area contributed by atoms with E-state index < -0.39 is 0 Å². The first-order valence-corrected chi connectivity index (χ1v) is 9.76. The van der Waals surface area contributed by atoms with Crippen LogP contribution in [0.15, 0.2) is 42.5 Å². The zero-order chi connectivity index (χ0) is 20.2. The summed E-state index contributed by atoms with van der Waals surface area (Å²) in [4.78, 5) is 26.3. The van der Waals surface area contributed by atoms with Crippen molar-refractivity contribution in [3.63, 3.8) is 0 Å². The number of nitrogens with zero attached hydrogens (tertiary/aromatic N) is 1. The van der Waals surface area contributed by atoms with Crippen LogP contribution in [0.2, 0.25) is 0 Å². The molecule has 152 valence electrons. The number of rotatable bonds is 6. The molecule has 4 rings (SSSR count). The molecule has 0 radical (unpaired) electrons. The Labute approximate surface area is 169 Å². The van der Waals surface area contributed by atoms with Crippen LogP contribution in [0.5, 0.6) is 17.2 Å². The van der Waals surface area contributed by atoms with E-state index in [-0.39, 0.29) is 31.1 Å². The summed E-state index contributed by atoms with van der Waals surface area (Å²) < 4.78 is 16.3. The minimum Gasteiger partial charge on any atom is -0.492 e. The van der Waals surface area contributed by atoms with Crippen LogP contribution in [0.4, 0.5) is 0 Å². The van der Waals surface area contributed by atoms with E-state index in [0.29, 0.717) is 36.9 Å². The number of ether oxygens (including phenoxy) is 3. The number of amides is 2. The Morgan fingerprint density at radius 1 is 1.17 bits per heavy atom. The number of carbonyl (C=O) groups is 2. The fraction of sp³-hybridized carbons (Fsp3) is 0.364. The van der Waals surface area contributed by atoms with Gasteiger partial charge in [-0.1, -0.05) is 24.3 Å². The second-order valence-corrected chi connectivity index (χ2v) is 7.09. The van der Waals surface area contributed by atoms with E-state index in [1.54, 1.807) is 30.0 Å². The Morgan fingerprint density at radius 2 is 2.00 bits per heavy atom. The molecule has 0 bridgehead atoms. The van der Waals surface area contributed by atoms with Crippen molar-refractivity contribution in [3.05, 3.63) is 53.6 Å². The zero-order valence-electron chi connectivity index (χ0n) is 16.3. The van der Waals surface area contributed by atoms with Crippen LogP contribution in [0.3, 0.4) is 0 Å². The van der Waals surface area contributed by atoms with E-state index >= 15 is 0 Å². The van der Waals surface area contributed by atoms with Crippen LogP contribution in [-0.2, 0) is 16.0 Å². The summed E-state index contributed by atoms with van der Waals surface area (Å²) >= 11 is 0. The molecule has 7 nitrogen and oxygen atoms in total. The van der Waals surface area contributed by atoms with Crippen molar-refractivity contribution in [2.75, 3.05) is 26.5 Å². The number of carbonyl (C=O) groups excluding carboxylic acids is 2. The van der Waals surface area contributed by atoms with Crippen molar-refractivity contribution in [1.82, 2.24) is 10.2 Å². The third kappa shape index (κ3) is 4.29. The minimum atomic E-state index is -0.229. The van der Waals surface area contributed by atoms with Gasteiger partial charge in [0.05, 0.1) is 19.0 Å². The zero-order valence-corrected chi connectivity index (χ0v) is 16.3. The van der Waals surface area contributed by atoms with Crippen molar-refractivity contribution >= 4 is 11.8 Å². The highest BCUT2D eigenvalue weighted by molar-refractivity contribution is 5.79. The topological polar surface area (TPSA) is 77.1 Å². The fourth-order valence-corrected chi connectivity index (χ4v) is 3.82. The van der Waals surface area contributed by atoms with Gasteiger partial charge in [-0.3, -0.25) is 9.59 Å². The van der Waals surface area contributed by atoms with E-state index in [0.717, 1.165) is 12.0 Å². The molecule has 2 heterocycles. The molecule has 2 aliphatic rings. The van der Waals surface area contributed by atoms with Gasteiger partial charge in [0.1, 0.15) is 12.4 Å². The van der Waals surface area contributed by atoms with Crippen molar-refractivity contribution in [3.8, 4) is 17.2 Å². The lowest BCUT2D eigenvalue weighted by atomic mass is 9.90. The molecule has 29 heavy (non-hydrogen) atoms. The van der Waals surface area contributed by atoms with Crippen molar-refractivity contribution < 1.29 is 23.8 Å². The molecule has 0 saturated carbocycles. The largest absolute Gasteiger partial charge is 0.492 e. The normalized spacial score (nSPS) is 16.9. The number of hydrogen-bond acceptors (Lipinski definition) is 5. The minimum absolute atomic E-state index is 0.0107. The number of hydrogen-bond donors (Lipinski definition) is 1. The highest BCUT2D eigenvalue weighted by Gasteiger charge is 2.30. The molecule has 2 aromatic rings. The Bertz CT molecular complexity index is 914. The first kappa shape index (κ1) is 19.1. The van der Waals surface area contributed by atoms with Crippen LogP contribution >= 0.6 is 0 Å². The van der Waals surface area contributed by atoms with Gasteiger partial charge in [-0.2, -0.15) is 0 Å². The predicted molar refractivity (Wildman–Crippen MR) is 106 cm³/mol. The lowest BCUT2D eigenvalue weighted by molar-refractivity contribution is -0.133. The van der Waals surface area contributed by atoms with Gasteiger partial charge in [0, 0.05) is 19.5 Å². The average molecular weight is 396 g/mol. The van der Waals surface area contributed by atoms with Crippen LogP contribution in [0.1, 0.15) is 30.5 Å². The number of fused-ring (bicyclic) bond motifs is 2. The Kier molecular flexibility index (Phi) is 5.55. The summed E-state index contributed by atoms with van der Waals surface area (Å²) in [6, 6.07) is 13.2. The average Bonchev–Trinajstić information content (AvgIpc) is 3.19. The second kappa shape index (κ2) is 8.43. The Morgan fingerprint density at radius 3 is 2.86 bits per heavy atom. The maximum atomic E-state index is 12.5. The molecule has 2 amide bonds. The quantitative estimate of drug-likeness (QED) is 0.759. The first-order valence-electron chi connectivity index (χ1n) is 9.76. The van der Waals surface area contributed by atoms with Crippen molar-refractivity contribution in [1.29, 1.82) is 0 Å². The molecule has 1 N–H and O–H groups in total. The first-order chi connectivity index (χ1) is 14.1. The third-order valence-electron chi connectivity index (χ3n) is 5.23. The van der Waals surface area contributed by atoms with E-state index in [2.05, 4.69) is 11.4 Å². The molecule has 0 aliphatic carbocycles. The molecule has 1 atom stereocenters. The summed E-state index contributed by atoms with van der Waals surface area (Å²) in [5.74, 6) is 1.91. The van der Waals surface area contributed by atoms with E-state index in [9.17, 15) is 9.59 Å². The summed E-state index contributed by atoms with van der Waals surface area (Å²) in [5, 5.41) is 2.88. The van der Waals surface area contributed by atoms with E-state index in [1.807, 2.05) is 18.2 Å². The van der Waals surface area contributed by atoms with Gasteiger partial charge in [-0.25, -0.2) is 0 Å². The number of nitrogens with one attached hydrogen (secondary N) is 1. The standard InChI is InChI=1S/C22H24N2O5/c1-15(25)24-10-8-16-4-2-3-5-18(16)19(24)13-22(26)23-9-11-27-17-6-7-20-21(12-17)29-14-28-20/h2-7,12,19H,8-11,13-14H2,1H3,(H,23,26). The maximum absolute atomic E-state index is 12.5. The molecule has 0 aromatic heterocycles. The predicted octanol–water partition coefficient (Wildman–Crippen LogP) is 2.45. The van der Waals surface area contributed by atoms with Crippen LogP contribution < -0.4 is 19.5 Å². The monoisotopic (exact) mass is 396 g/mol. The van der Waals surface area contributed by atoms with Gasteiger partial charge < -0.3 is 24.4 Å². The fourth-order valence-electron chi connectivity index (χ4n) is 3.82. The van der Waals surface area contributed by atoms with E-state index in [1.165, 1.54) is 5.56 Å². The van der Waals surface area contributed by atoms with Crippen LogP contribution in [0.25, 0.3) is 0 Å². The maximum Gasteiger partial charge on any atom is 0.231 e. The van der Waals surface area contributed by atoms with Crippen molar-refractivity contribution in [2.24, 2.45) is 0 Å². The molecule has 0 spiro atoms. The smallest absolute Gasteiger partial charge is 0.231 e. The van der Waals surface area contributed by atoms with Gasteiger partial charge in [-0.15, -0.1) is 0 Å². The SMILES string of the molecule is CC(=O)N1CCc2ccccc2C1CC(=O)NCCOc1ccc2c(c1)OCO2. The van der Waals surface area contributed by atoms with Crippen molar-refractivity contribution in [2.45, 2.75) is 25.8 Å². The molecular formula is C22H24N2O5. The lowest BCUT2D eigenvalue weighted by Crippen LogP contribution is -2.41. The molecular weight excluding hydrogens is 372 g/mol. The molecule has 0 fully saturated rings. The van der Waals surface area contributed by atoms with Crippen LogP contribution in [0, 0.1) is 0 Å². The Balaban J connectivity index is 1.30. The lowest BCUT2D eigenvalue weighted by Gasteiger charge is -2.36. The van der Waals surface area contributed by atoms with Gasteiger partial charge in [0.15, 0.2) is 11.5 Å². The molecule has 2 aliphatic heterocycles. The van der Waals surface area contributed by atoms with E-state index in [4.69, 9.17) is 14.2 Å². The summed E-state index contributed by atoms with van der Waals surface area (Å²) in [5.41, 5.74) is 2.26. The van der Waals surface area contributed by atoms with Crippen LogP contribution in [-0.4, -0.2) is 43.2 Å². The third-order valence-corrected chi connectivity index (χ3v) is 5.23. The highest BCUT2D eigenvalue weighted by Crippen LogP contribution is 2.35. The Hall–Kier alpha value is -3.22. The summed E-state index contributed by atoms with van der Waals surface area (Å²) in [6.45, 7) is 3.12. The highest BCUT2D eigenvalue weighted by atomic mass is 16.7. The van der Waals surface area contributed by atoms with Gasteiger partial charge >= 0.3 is 0 Å². The molecule has 0 saturated heterocycles. The van der Waals surface area contributed by atoms with Gasteiger partial charge in [-0.05, 0) is 29.7 Å². The van der Waals surface area contributed by atoms with Gasteiger partial charge in [0.25, 0.3) is 0 Å². The molecule has 1 unspecified atom stereocenters. The van der Waals surface area contributed by atoms with Gasteiger partial charge in [0.2, 0.25) is 18.6 Å². The second-order valence-electron chi connectivity index (χ2n) is 7.09. The molecule has 2 aromatic carbocycles. The summed E-state index contributed by atoms with van der Waals surface area (Å²) in [6.07, 6.45) is 1.05. The molecule has 7 heteroatoms. The summed E-state index contributed by atoms with van der Waals surface area (Å²) in [7, 11) is 0.